The summed E-state index contributed by atoms with van der Waals surface area (Å²) < 4.78 is 7.06. The van der Waals surface area contributed by atoms with Gasteiger partial charge in [-0.1, -0.05) is 11.6 Å². The van der Waals surface area contributed by atoms with Crippen LogP contribution in [0.4, 0.5) is 0 Å². The average Bonchev–Trinajstić information content (AvgIpc) is 3.01. The molecular weight excluding hydrogens is 322 g/mol. The summed E-state index contributed by atoms with van der Waals surface area (Å²) in [5.74, 6) is -0.418. The zero-order valence-corrected chi connectivity index (χ0v) is 13.9. The lowest BCUT2D eigenvalue weighted by atomic mass is 10.2. The number of ether oxygens (including phenoxy) is 1. The van der Waals surface area contributed by atoms with E-state index in [1.165, 1.54) is 11.3 Å². The van der Waals surface area contributed by atoms with Gasteiger partial charge < -0.3 is 4.74 Å². The van der Waals surface area contributed by atoms with Crippen molar-refractivity contribution in [2.24, 2.45) is 0 Å². The summed E-state index contributed by atoms with van der Waals surface area (Å²) >= 11 is 7.31. The zero-order valence-electron chi connectivity index (χ0n) is 12.3. The Labute approximate surface area is 136 Å². The van der Waals surface area contributed by atoms with E-state index in [4.69, 9.17) is 16.3 Å². The van der Waals surface area contributed by atoms with Crippen LogP contribution in [0.5, 0.6) is 0 Å². The lowest BCUT2D eigenvalue weighted by molar-refractivity contribution is 0.00692. The van der Waals surface area contributed by atoms with Gasteiger partial charge in [-0.2, -0.15) is 5.10 Å². The Morgan fingerprint density at radius 1 is 1.36 bits per heavy atom. The third-order valence-electron chi connectivity index (χ3n) is 2.83. The van der Waals surface area contributed by atoms with Gasteiger partial charge in [0.15, 0.2) is 0 Å². The summed E-state index contributed by atoms with van der Waals surface area (Å²) in [5.41, 5.74) is 1.21. The molecule has 0 aliphatic carbocycles. The maximum absolute atomic E-state index is 12.0. The molecule has 3 rings (SSSR count). The van der Waals surface area contributed by atoms with E-state index in [0.29, 0.717) is 10.0 Å². The number of carbonyl (C=O) groups excluding carboxylic acids is 1. The highest BCUT2D eigenvalue weighted by molar-refractivity contribution is 7.17. The molecular formula is C15H14ClN3O2S. The Morgan fingerprint density at radius 3 is 2.86 bits per heavy atom. The van der Waals surface area contributed by atoms with Gasteiger partial charge in [0.05, 0.1) is 16.6 Å². The summed E-state index contributed by atoms with van der Waals surface area (Å²) in [5, 5.41) is 5.23. The Kier molecular flexibility index (Phi) is 3.66. The molecule has 0 aliphatic rings. The molecule has 3 aromatic heterocycles. The van der Waals surface area contributed by atoms with E-state index < -0.39 is 11.6 Å². The highest BCUT2D eigenvalue weighted by atomic mass is 35.5. The van der Waals surface area contributed by atoms with Gasteiger partial charge in [0, 0.05) is 23.0 Å². The smallest absolute Gasteiger partial charge is 0.367 e. The fourth-order valence-electron chi connectivity index (χ4n) is 1.96. The standard InChI is InChI=1S/C15H14ClN3O2S/c1-15(2,3)21-14(20)13-17-8-12(22-13)10-7-18-19-5-4-9(16)6-11(10)19/h4-8H,1-3H3. The number of hydrogen-bond acceptors (Lipinski definition) is 5. The van der Waals surface area contributed by atoms with Crippen LogP contribution in [-0.2, 0) is 4.74 Å². The normalized spacial score (nSPS) is 11.8. The lowest BCUT2D eigenvalue weighted by Gasteiger charge is -2.18. The molecule has 7 heteroatoms. The summed E-state index contributed by atoms with van der Waals surface area (Å²) in [6.07, 6.45) is 5.18. The second-order valence-corrected chi connectivity index (χ2v) is 7.23. The molecule has 3 aromatic rings. The molecule has 114 valence electrons. The quantitative estimate of drug-likeness (QED) is 0.662. The third kappa shape index (κ3) is 2.98. The number of carbonyl (C=O) groups is 1. The van der Waals surface area contributed by atoms with Gasteiger partial charge in [-0.05, 0) is 32.9 Å². The minimum atomic E-state index is -0.541. The molecule has 0 radical (unpaired) electrons. The number of hydrogen-bond donors (Lipinski definition) is 0. The number of aromatic nitrogens is 3. The predicted octanol–water partition coefficient (Wildman–Crippen LogP) is 4.07. The van der Waals surface area contributed by atoms with Crippen LogP contribution in [0.25, 0.3) is 16.0 Å². The molecule has 0 saturated heterocycles. The van der Waals surface area contributed by atoms with E-state index >= 15 is 0 Å². The maximum atomic E-state index is 12.0. The summed E-state index contributed by atoms with van der Waals surface area (Å²) in [6.45, 7) is 5.48. The number of fused-ring (bicyclic) bond motifs is 1. The molecule has 5 nitrogen and oxygen atoms in total. The van der Waals surface area contributed by atoms with Crippen molar-refractivity contribution in [3.05, 3.63) is 40.8 Å². The summed E-state index contributed by atoms with van der Waals surface area (Å²) in [7, 11) is 0. The highest BCUT2D eigenvalue weighted by Gasteiger charge is 2.21. The number of pyridine rings is 1. The molecule has 0 fully saturated rings. The van der Waals surface area contributed by atoms with Crippen LogP contribution >= 0.6 is 22.9 Å². The fraction of sp³-hybridized carbons (Fsp3) is 0.267. The first-order valence-electron chi connectivity index (χ1n) is 6.66. The Hall–Kier alpha value is -1.92. The molecule has 0 N–H and O–H groups in total. The minimum Gasteiger partial charge on any atom is -0.455 e. The number of esters is 1. The number of rotatable bonds is 2. The molecule has 22 heavy (non-hydrogen) atoms. The topological polar surface area (TPSA) is 56.5 Å². The Morgan fingerprint density at radius 2 is 2.14 bits per heavy atom. The Balaban J connectivity index is 1.96. The molecule has 0 aromatic carbocycles. The second kappa shape index (κ2) is 5.37. The first-order valence-corrected chi connectivity index (χ1v) is 7.85. The van der Waals surface area contributed by atoms with Gasteiger partial charge in [-0.25, -0.2) is 14.3 Å². The maximum Gasteiger partial charge on any atom is 0.367 e. The van der Waals surface area contributed by atoms with Crippen molar-refractivity contribution in [3.8, 4) is 10.4 Å². The molecule has 0 aliphatic heterocycles. The molecule has 0 bridgehead atoms. The van der Waals surface area contributed by atoms with Gasteiger partial charge in [0.2, 0.25) is 5.01 Å². The molecule has 0 amide bonds. The van der Waals surface area contributed by atoms with Crippen LogP contribution in [0.15, 0.2) is 30.7 Å². The Bertz CT molecular complexity index is 848. The van der Waals surface area contributed by atoms with Gasteiger partial charge in [0.1, 0.15) is 5.60 Å². The first-order chi connectivity index (χ1) is 10.3. The summed E-state index contributed by atoms with van der Waals surface area (Å²) in [6, 6.07) is 3.60. The largest absolute Gasteiger partial charge is 0.455 e. The van der Waals surface area contributed by atoms with E-state index in [9.17, 15) is 4.79 Å². The van der Waals surface area contributed by atoms with Crippen LogP contribution in [0.2, 0.25) is 5.02 Å². The lowest BCUT2D eigenvalue weighted by Crippen LogP contribution is -2.23. The van der Waals surface area contributed by atoms with Crippen LogP contribution in [0, 0.1) is 0 Å². The van der Waals surface area contributed by atoms with Crippen LogP contribution < -0.4 is 0 Å². The first kappa shape index (κ1) is 15.0. The summed E-state index contributed by atoms with van der Waals surface area (Å²) in [4.78, 5) is 17.0. The van der Waals surface area contributed by atoms with Crippen molar-refractivity contribution in [1.82, 2.24) is 14.6 Å². The van der Waals surface area contributed by atoms with Crippen LogP contribution in [0.1, 0.15) is 30.6 Å². The van der Waals surface area contributed by atoms with E-state index in [2.05, 4.69) is 10.1 Å². The van der Waals surface area contributed by atoms with Crippen molar-refractivity contribution >= 4 is 34.4 Å². The molecule has 0 unspecified atom stereocenters. The predicted molar refractivity (Wildman–Crippen MR) is 86.5 cm³/mol. The molecule has 0 spiro atoms. The van der Waals surface area contributed by atoms with Crippen molar-refractivity contribution in [1.29, 1.82) is 0 Å². The van der Waals surface area contributed by atoms with E-state index in [1.807, 2.05) is 26.8 Å². The zero-order chi connectivity index (χ0) is 15.9. The number of halogens is 1. The number of thiazole rings is 1. The van der Waals surface area contributed by atoms with Gasteiger partial charge >= 0.3 is 5.97 Å². The van der Waals surface area contributed by atoms with Gasteiger partial charge in [-0.3, -0.25) is 0 Å². The third-order valence-corrected chi connectivity index (χ3v) is 4.07. The number of nitrogens with zero attached hydrogens (tertiary/aromatic N) is 3. The van der Waals surface area contributed by atoms with Crippen molar-refractivity contribution in [2.75, 3.05) is 0 Å². The van der Waals surface area contributed by atoms with E-state index in [1.54, 1.807) is 29.2 Å². The fourth-order valence-corrected chi connectivity index (χ4v) is 2.93. The van der Waals surface area contributed by atoms with Crippen molar-refractivity contribution < 1.29 is 9.53 Å². The second-order valence-electron chi connectivity index (χ2n) is 5.76. The SMILES string of the molecule is CC(C)(C)OC(=O)c1ncc(-c2cnn3ccc(Cl)cc23)s1. The van der Waals surface area contributed by atoms with Crippen LogP contribution in [0.3, 0.4) is 0 Å². The van der Waals surface area contributed by atoms with E-state index in [0.717, 1.165) is 16.0 Å². The molecule has 0 atom stereocenters. The van der Waals surface area contributed by atoms with Crippen molar-refractivity contribution in [3.63, 3.8) is 0 Å². The molecule has 3 heterocycles. The van der Waals surface area contributed by atoms with Crippen LogP contribution in [-0.4, -0.2) is 26.2 Å². The molecule has 0 saturated carbocycles. The van der Waals surface area contributed by atoms with Crippen molar-refractivity contribution in [2.45, 2.75) is 26.4 Å². The minimum absolute atomic E-state index is 0.325. The monoisotopic (exact) mass is 335 g/mol. The van der Waals surface area contributed by atoms with Gasteiger partial charge in [-0.15, -0.1) is 11.3 Å². The highest BCUT2D eigenvalue weighted by Crippen LogP contribution is 2.31. The average molecular weight is 336 g/mol. The van der Waals surface area contributed by atoms with E-state index in [-0.39, 0.29) is 0 Å². The van der Waals surface area contributed by atoms with Gasteiger partial charge in [0.25, 0.3) is 0 Å².